The number of rotatable bonds is 5. The standard InChI is InChI=1S/C20H18N6O/c1-3-18-22-12-16(26(18)24-4-2)13-8-9-15(19-14(13)11-23-20(19)27)25-17-7-5-6-10-21-17/h3-10,12H,1,11H2,2H3,(H,21,25)(H,23,27)/b24-4-. The van der Waals surface area contributed by atoms with Crippen LogP contribution in [0.2, 0.25) is 0 Å². The third-order valence-corrected chi connectivity index (χ3v) is 4.35. The lowest BCUT2D eigenvalue weighted by Crippen LogP contribution is -2.13. The number of carbonyl (C=O) groups excluding carboxylic acids is 1. The van der Waals surface area contributed by atoms with E-state index in [1.807, 2.05) is 37.3 Å². The quantitative estimate of drug-likeness (QED) is 0.685. The summed E-state index contributed by atoms with van der Waals surface area (Å²) >= 11 is 0. The van der Waals surface area contributed by atoms with Gasteiger partial charge in [-0.15, -0.1) is 0 Å². The summed E-state index contributed by atoms with van der Waals surface area (Å²) in [6, 6.07) is 9.44. The number of amides is 1. The highest BCUT2D eigenvalue weighted by molar-refractivity contribution is 6.06. The van der Waals surface area contributed by atoms with Gasteiger partial charge in [0, 0.05) is 24.5 Å². The van der Waals surface area contributed by atoms with E-state index in [0.717, 1.165) is 22.5 Å². The van der Waals surface area contributed by atoms with Crippen LogP contribution in [0.3, 0.4) is 0 Å². The number of pyridine rings is 1. The number of hydrogen-bond donors (Lipinski definition) is 2. The minimum Gasteiger partial charge on any atom is -0.348 e. The van der Waals surface area contributed by atoms with E-state index in [1.54, 1.807) is 29.4 Å². The van der Waals surface area contributed by atoms with Crippen molar-refractivity contribution in [3.8, 4) is 11.3 Å². The highest BCUT2D eigenvalue weighted by Gasteiger charge is 2.27. The molecule has 3 heterocycles. The molecule has 7 nitrogen and oxygen atoms in total. The highest BCUT2D eigenvalue weighted by atomic mass is 16.1. The Morgan fingerprint density at radius 3 is 2.93 bits per heavy atom. The van der Waals surface area contributed by atoms with Crippen LogP contribution in [0.5, 0.6) is 0 Å². The van der Waals surface area contributed by atoms with E-state index in [9.17, 15) is 4.79 Å². The number of carbonyl (C=O) groups is 1. The molecule has 0 saturated heterocycles. The van der Waals surface area contributed by atoms with Crippen LogP contribution in [0.15, 0.2) is 54.4 Å². The minimum absolute atomic E-state index is 0.112. The summed E-state index contributed by atoms with van der Waals surface area (Å²) in [7, 11) is 0. The molecule has 0 radical (unpaired) electrons. The fourth-order valence-electron chi connectivity index (χ4n) is 3.19. The lowest BCUT2D eigenvalue weighted by Gasteiger charge is -2.13. The van der Waals surface area contributed by atoms with Crippen LogP contribution in [-0.4, -0.2) is 26.8 Å². The van der Waals surface area contributed by atoms with Crippen molar-refractivity contribution in [2.45, 2.75) is 13.5 Å². The summed E-state index contributed by atoms with van der Waals surface area (Å²) in [5.41, 5.74) is 3.95. The maximum absolute atomic E-state index is 12.5. The monoisotopic (exact) mass is 358 g/mol. The smallest absolute Gasteiger partial charge is 0.254 e. The Morgan fingerprint density at radius 2 is 2.19 bits per heavy atom. The first-order chi connectivity index (χ1) is 13.2. The average molecular weight is 358 g/mol. The molecule has 0 spiro atoms. The van der Waals surface area contributed by atoms with Crippen LogP contribution in [0.1, 0.15) is 28.7 Å². The molecule has 0 saturated carbocycles. The van der Waals surface area contributed by atoms with E-state index >= 15 is 0 Å². The molecule has 0 unspecified atom stereocenters. The zero-order valence-corrected chi connectivity index (χ0v) is 14.8. The van der Waals surface area contributed by atoms with Crippen molar-refractivity contribution in [1.82, 2.24) is 20.0 Å². The van der Waals surface area contributed by atoms with Gasteiger partial charge in [0.1, 0.15) is 5.82 Å². The fourth-order valence-corrected chi connectivity index (χ4v) is 3.19. The molecule has 1 aliphatic rings. The van der Waals surface area contributed by atoms with E-state index in [-0.39, 0.29) is 5.91 Å². The number of anilines is 2. The fraction of sp³-hybridized carbons (Fsp3) is 0.100. The summed E-state index contributed by atoms with van der Waals surface area (Å²) in [4.78, 5) is 21.1. The second kappa shape index (κ2) is 6.87. The number of aromatic nitrogens is 3. The summed E-state index contributed by atoms with van der Waals surface area (Å²) < 4.78 is 1.72. The van der Waals surface area contributed by atoms with Gasteiger partial charge in [-0.2, -0.15) is 5.10 Å². The van der Waals surface area contributed by atoms with Crippen LogP contribution in [-0.2, 0) is 6.54 Å². The second-order valence-electron chi connectivity index (χ2n) is 5.93. The van der Waals surface area contributed by atoms with Crippen LogP contribution in [0.4, 0.5) is 11.5 Å². The van der Waals surface area contributed by atoms with Crippen molar-refractivity contribution in [3.63, 3.8) is 0 Å². The molecule has 2 N–H and O–H groups in total. The molecule has 4 rings (SSSR count). The maximum Gasteiger partial charge on any atom is 0.254 e. The third kappa shape index (κ3) is 2.89. The third-order valence-electron chi connectivity index (χ3n) is 4.35. The van der Waals surface area contributed by atoms with E-state index in [1.165, 1.54) is 0 Å². The van der Waals surface area contributed by atoms with Gasteiger partial charge >= 0.3 is 0 Å². The number of hydrogen-bond acceptors (Lipinski definition) is 5. The van der Waals surface area contributed by atoms with E-state index in [2.05, 4.69) is 32.3 Å². The molecule has 1 aliphatic heterocycles. The van der Waals surface area contributed by atoms with Crippen LogP contribution < -0.4 is 10.6 Å². The Morgan fingerprint density at radius 1 is 1.30 bits per heavy atom. The molecular weight excluding hydrogens is 340 g/mol. The molecule has 1 aromatic carbocycles. The molecule has 134 valence electrons. The van der Waals surface area contributed by atoms with Crippen LogP contribution >= 0.6 is 0 Å². The number of nitrogens with zero attached hydrogens (tertiary/aromatic N) is 4. The van der Waals surface area contributed by atoms with Gasteiger partial charge in [-0.1, -0.05) is 18.7 Å². The first-order valence-electron chi connectivity index (χ1n) is 8.54. The van der Waals surface area contributed by atoms with Gasteiger partial charge < -0.3 is 10.6 Å². The van der Waals surface area contributed by atoms with Gasteiger partial charge in [-0.3, -0.25) is 4.79 Å². The number of imidazole rings is 1. The predicted octanol–water partition coefficient (Wildman–Crippen LogP) is 3.43. The Kier molecular flexibility index (Phi) is 4.25. The number of fused-ring (bicyclic) bond motifs is 1. The van der Waals surface area contributed by atoms with Crippen molar-refractivity contribution >= 4 is 29.7 Å². The topological polar surface area (TPSA) is 84.2 Å². The summed E-state index contributed by atoms with van der Waals surface area (Å²) in [6.45, 7) is 6.08. The van der Waals surface area contributed by atoms with Gasteiger partial charge in [0.2, 0.25) is 0 Å². The van der Waals surface area contributed by atoms with Crippen molar-refractivity contribution in [2.24, 2.45) is 5.10 Å². The molecule has 3 aromatic rings. The number of benzene rings is 1. The zero-order chi connectivity index (χ0) is 18.8. The molecular formula is C20H18N6O. The van der Waals surface area contributed by atoms with Gasteiger partial charge in [-0.05, 0) is 36.8 Å². The second-order valence-corrected chi connectivity index (χ2v) is 5.93. The predicted molar refractivity (Wildman–Crippen MR) is 106 cm³/mol. The molecule has 0 aliphatic carbocycles. The first-order valence-corrected chi connectivity index (χ1v) is 8.54. The van der Waals surface area contributed by atoms with Gasteiger partial charge in [0.05, 0.1) is 23.1 Å². The molecule has 1 amide bonds. The first kappa shape index (κ1) is 16.7. The Balaban J connectivity index is 1.85. The zero-order valence-electron chi connectivity index (χ0n) is 14.8. The lowest BCUT2D eigenvalue weighted by molar-refractivity contribution is 0.0966. The van der Waals surface area contributed by atoms with Crippen molar-refractivity contribution < 1.29 is 4.79 Å². The Bertz CT molecular complexity index is 1050. The SMILES string of the molecule is C=Cc1ncc(-c2ccc(Nc3ccccn3)c3c2CNC3=O)n1/N=C\C. The van der Waals surface area contributed by atoms with Gasteiger partial charge in [0.25, 0.3) is 5.91 Å². The summed E-state index contributed by atoms with van der Waals surface area (Å²) in [5.74, 6) is 1.21. The van der Waals surface area contributed by atoms with Crippen molar-refractivity contribution in [1.29, 1.82) is 0 Å². The van der Waals surface area contributed by atoms with Crippen LogP contribution in [0, 0.1) is 0 Å². The lowest BCUT2D eigenvalue weighted by atomic mass is 9.99. The van der Waals surface area contributed by atoms with Gasteiger partial charge in [0.15, 0.2) is 5.82 Å². The largest absolute Gasteiger partial charge is 0.348 e. The summed E-state index contributed by atoms with van der Waals surface area (Å²) in [5, 5.41) is 10.5. The van der Waals surface area contributed by atoms with E-state index < -0.39 is 0 Å². The van der Waals surface area contributed by atoms with Crippen LogP contribution in [0.25, 0.3) is 17.3 Å². The number of nitrogens with one attached hydrogen (secondary N) is 2. The van der Waals surface area contributed by atoms with E-state index in [0.29, 0.717) is 23.8 Å². The summed E-state index contributed by atoms with van der Waals surface area (Å²) in [6.07, 6.45) is 6.79. The minimum atomic E-state index is -0.112. The van der Waals surface area contributed by atoms with E-state index in [4.69, 9.17) is 0 Å². The molecule has 0 bridgehead atoms. The maximum atomic E-state index is 12.5. The Hall–Kier alpha value is -3.74. The molecule has 0 atom stereocenters. The van der Waals surface area contributed by atoms with Gasteiger partial charge in [-0.25, -0.2) is 14.6 Å². The molecule has 27 heavy (non-hydrogen) atoms. The average Bonchev–Trinajstić information content (AvgIpc) is 3.27. The molecule has 2 aromatic heterocycles. The Labute approximate surface area is 156 Å². The molecule has 7 heteroatoms. The van der Waals surface area contributed by atoms with Crippen molar-refractivity contribution in [2.75, 3.05) is 5.32 Å². The highest BCUT2D eigenvalue weighted by Crippen LogP contribution is 2.35. The molecule has 0 fully saturated rings. The van der Waals surface area contributed by atoms with Crippen molar-refractivity contribution in [3.05, 3.63) is 66.3 Å². The normalized spacial score (nSPS) is 12.9.